The lowest BCUT2D eigenvalue weighted by Crippen LogP contribution is -2.31. The van der Waals surface area contributed by atoms with Crippen LogP contribution in [0.1, 0.15) is 12.8 Å². The van der Waals surface area contributed by atoms with E-state index < -0.39 is 10.0 Å². The predicted molar refractivity (Wildman–Crippen MR) is 68.1 cm³/mol. The summed E-state index contributed by atoms with van der Waals surface area (Å²) in [4.78, 5) is 0.245. The molecule has 2 rings (SSSR count). The first-order chi connectivity index (χ1) is 7.97. The van der Waals surface area contributed by atoms with Gasteiger partial charge in [-0.1, -0.05) is 15.9 Å². The lowest BCUT2D eigenvalue weighted by Gasteiger charge is -2.13. The van der Waals surface area contributed by atoms with Gasteiger partial charge in [0.2, 0.25) is 10.0 Å². The summed E-state index contributed by atoms with van der Waals surface area (Å²) in [7, 11) is -3.46. The number of aliphatic hydroxyl groups excluding tert-OH is 1. The Labute approximate surface area is 109 Å². The zero-order chi connectivity index (χ0) is 12.5. The Bertz CT molecular complexity index is 494. The van der Waals surface area contributed by atoms with Gasteiger partial charge in [-0.2, -0.15) is 0 Å². The van der Waals surface area contributed by atoms with Crippen LogP contribution in [0.3, 0.4) is 0 Å². The van der Waals surface area contributed by atoms with Crippen molar-refractivity contribution in [3.05, 3.63) is 28.7 Å². The number of hydrogen-bond donors (Lipinski definition) is 2. The van der Waals surface area contributed by atoms with Crippen LogP contribution in [0, 0.1) is 5.41 Å². The molecule has 1 saturated carbocycles. The number of halogens is 1. The molecule has 0 unspecified atom stereocenters. The van der Waals surface area contributed by atoms with Gasteiger partial charge in [-0.3, -0.25) is 0 Å². The molecule has 17 heavy (non-hydrogen) atoms. The van der Waals surface area contributed by atoms with Crippen molar-refractivity contribution in [3.8, 4) is 0 Å². The summed E-state index contributed by atoms with van der Waals surface area (Å²) in [5.41, 5.74) is -0.220. The Morgan fingerprint density at radius 3 is 2.35 bits per heavy atom. The highest BCUT2D eigenvalue weighted by Gasteiger charge is 2.42. The Morgan fingerprint density at radius 1 is 1.29 bits per heavy atom. The van der Waals surface area contributed by atoms with E-state index in [4.69, 9.17) is 5.11 Å². The molecule has 1 aromatic rings. The molecule has 0 amide bonds. The van der Waals surface area contributed by atoms with E-state index in [1.54, 1.807) is 24.3 Å². The van der Waals surface area contributed by atoms with Gasteiger partial charge in [0.05, 0.1) is 4.90 Å². The van der Waals surface area contributed by atoms with Gasteiger partial charge in [-0.05, 0) is 37.1 Å². The summed E-state index contributed by atoms with van der Waals surface area (Å²) >= 11 is 3.26. The molecule has 1 aliphatic rings. The highest BCUT2D eigenvalue weighted by atomic mass is 79.9. The van der Waals surface area contributed by atoms with E-state index >= 15 is 0 Å². The Balaban J connectivity index is 2.06. The van der Waals surface area contributed by atoms with Crippen molar-refractivity contribution < 1.29 is 13.5 Å². The van der Waals surface area contributed by atoms with Crippen molar-refractivity contribution in [2.45, 2.75) is 17.7 Å². The number of nitrogens with one attached hydrogen (secondary N) is 1. The van der Waals surface area contributed by atoms with E-state index in [0.29, 0.717) is 6.54 Å². The first-order valence-corrected chi connectivity index (χ1v) is 7.61. The van der Waals surface area contributed by atoms with E-state index in [1.807, 2.05) is 0 Å². The monoisotopic (exact) mass is 319 g/mol. The predicted octanol–water partition coefficient (Wildman–Crippen LogP) is 1.50. The smallest absolute Gasteiger partial charge is 0.240 e. The van der Waals surface area contributed by atoms with E-state index in [1.165, 1.54) is 0 Å². The normalized spacial score (nSPS) is 18.0. The fourth-order valence-electron chi connectivity index (χ4n) is 1.51. The molecular weight excluding hydrogens is 306 g/mol. The maximum Gasteiger partial charge on any atom is 0.240 e. The minimum atomic E-state index is -3.46. The first kappa shape index (κ1) is 13.0. The van der Waals surface area contributed by atoms with E-state index in [2.05, 4.69) is 20.7 Å². The molecule has 0 radical (unpaired) electrons. The van der Waals surface area contributed by atoms with Crippen LogP contribution < -0.4 is 4.72 Å². The summed E-state index contributed by atoms with van der Waals surface area (Å²) in [6.07, 6.45) is 1.76. The largest absolute Gasteiger partial charge is 0.396 e. The topological polar surface area (TPSA) is 66.4 Å². The quantitative estimate of drug-likeness (QED) is 0.864. The fourth-order valence-corrected chi connectivity index (χ4v) is 2.93. The van der Waals surface area contributed by atoms with Crippen LogP contribution >= 0.6 is 15.9 Å². The minimum absolute atomic E-state index is 0.0376. The van der Waals surface area contributed by atoms with Crippen LogP contribution in [0.5, 0.6) is 0 Å². The van der Waals surface area contributed by atoms with Gasteiger partial charge in [0.25, 0.3) is 0 Å². The summed E-state index contributed by atoms with van der Waals surface area (Å²) in [6.45, 7) is 0.345. The molecule has 0 aliphatic heterocycles. The number of rotatable bonds is 5. The first-order valence-electron chi connectivity index (χ1n) is 5.34. The molecule has 0 atom stereocenters. The second-order valence-corrected chi connectivity index (χ2v) is 7.12. The molecule has 0 bridgehead atoms. The molecule has 1 aliphatic carbocycles. The molecule has 94 valence electrons. The Kier molecular flexibility index (Phi) is 3.58. The molecule has 1 fully saturated rings. The number of sulfonamides is 1. The number of hydrogen-bond acceptors (Lipinski definition) is 3. The van der Waals surface area contributed by atoms with Crippen LogP contribution in [-0.2, 0) is 10.0 Å². The number of aliphatic hydroxyl groups is 1. The zero-order valence-corrected chi connectivity index (χ0v) is 11.6. The van der Waals surface area contributed by atoms with Crippen LogP contribution in [0.15, 0.2) is 33.6 Å². The van der Waals surface area contributed by atoms with Gasteiger partial charge in [-0.15, -0.1) is 0 Å². The molecule has 0 heterocycles. The summed E-state index contributed by atoms with van der Waals surface area (Å²) in [5.74, 6) is 0. The molecule has 0 spiro atoms. The van der Waals surface area contributed by atoms with Crippen molar-refractivity contribution in [1.29, 1.82) is 0 Å². The van der Waals surface area contributed by atoms with Crippen molar-refractivity contribution in [2.24, 2.45) is 5.41 Å². The van der Waals surface area contributed by atoms with Gasteiger partial charge < -0.3 is 5.11 Å². The molecule has 1 aromatic carbocycles. The average Bonchev–Trinajstić information content (AvgIpc) is 3.08. The Morgan fingerprint density at radius 2 is 1.88 bits per heavy atom. The molecule has 4 nitrogen and oxygen atoms in total. The van der Waals surface area contributed by atoms with Gasteiger partial charge in [0.15, 0.2) is 0 Å². The van der Waals surface area contributed by atoms with Crippen LogP contribution in [0.25, 0.3) is 0 Å². The third kappa shape index (κ3) is 3.07. The molecular formula is C11H14BrNO3S. The molecule has 6 heteroatoms. The third-order valence-corrected chi connectivity index (χ3v) is 5.00. The van der Waals surface area contributed by atoms with Crippen LogP contribution in [-0.4, -0.2) is 26.7 Å². The minimum Gasteiger partial charge on any atom is -0.396 e. The highest BCUT2D eigenvalue weighted by Crippen LogP contribution is 2.44. The average molecular weight is 320 g/mol. The third-order valence-electron chi connectivity index (χ3n) is 3.05. The molecule has 0 saturated heterocycles. The second kappa shape index (κ2) is 4.68. The maximum absolute atomic E-state index is 11.9. The summed E-state index contributed by atoms with van der Waals surface area (Å²) < 4.78 is 27.2. The summed E-state index contributed by atoms with van der Waals surface area (Å²) in [6, 6.07) is 6.47. The zero-order valence-electron chi connectivity index (χ0n) is 9.19. The Hall–Kier alpha value is -0.430. The van der Waals surface area contributed by atoms with E-state index in [0.717, 1.165) is 17.3 Å². The van der Waals surface area contributed by atoms with Gasteiger partial charge >= 0.3 is 0 Å². The van der Waals surface area contributed by atoms with E-state index in [-0.39, 0.29) is 16.9 Å². The van der Waals surface area contributed by atoms with Gasteiger partial charge in [0, 0.05) is 23.0 Å². The van der Waals surface area contributed by atoms with E-state index in [9.17, 15) is 8.42 Å². The molecule has 2 N–H and O–H groups in total. The fraction of sp³-hybridized carbons (Fsp3) is 0.455. The maximum atomic E-state index is 11.9. The van der Waals surface area contributed by atoms with Gasteiger partial charge in [-0.25, -0.2) is 13.1 Å². The standard InChI is InChI=1S/C11H14BrNO3S/c12-9-1-3-10(4-2-9)17(15,16)13-7-11(8-14)5-6-11/h1-4,13-14H,5-8H2. The molecule has 0 aromatic heterocycles. The van der Waals surface area contributed by atoms with Crippen molar-refractivity contribution in [3.63, 3.8) is 0 Å². The van der Waals surface area contributed by atoms with Crippen molar-refractivity contribution in [1.82, 2.24) is 4.72 Å². The second-order valence-electron chi connectivity index (χ2n) is 4.44. The highest BCUT2D eigenvalue weighted by molar-refractivity contribution is 9.10. The van der Waals surface area contributed by atoms with Crippen LogP contribution in [0.4, 0.5) is 0 Å². The number of benzene rings is 1. The lowest BCUT2D eigenvalue weighted by atomic mass is 10.1. The van der Waals surface area contributed by atoms with Crippen molar-refractivity contribution >= 4 is 26.0 Å². The van der Waals surface area contributed by atoms with Crippen LogP contribution in [0.2, 0.25) is 0 Å². The summed E-state index contributed by atoms with van der Waals surface area (Å²) in [5, 5.41) is 9.12. The van der Waals surface area contributed by atoms with Gasteiger partial charge in [0.1, 0.15) is 0 Å². The lowest BCUT2D eigenvalue weighted by molar-refractivity contribution is 0.213. The SMILES string of the molecule is O=S(=O)(NCC1(CO)CC1)c1ccc(Br)cc1. The van der Waals surface area contributed by atoms with Crippen molar-refractivity contribution in [2.75, 3.05) is 13.2 Å².